The van der Waals surface area contributed by atoms with E-state index in [0.29, 0.717) is 54.6 Å². The van der Waals surface area contributed by atoms with Gasteiger partial charge in [-0.25, -0.2) is 0 Å². The van der Waals surface area contributed by atoms with Crippen LogP contribution in [0.2, 0.25) is 10.0 Å². The molecule has 0 aliphatic heterocycles. The molecule has 6 rings (SSSR count). The second-order valence-corrected chi connectivity index (χ2v) is 19.2. The third kappa shape index (κ3) is 9.40. The van der Waals surface area contributed by atoms with Crippen molar-refractivity contribution in [2.24, 2.45) is 9.98 Å². The van der Waals surface area contributed by atoms with Crippen LogP contribution in [0.3, 0.4) is 0 Å². The summed E-state index contributed by atoms with van der Waals surface area (Å²) in [4.78, 5) is 9.17. The standard InChI is InChI=1S/C54H62Cl2N2O8/c1-25(2)33-21-39(55)29(9)19-41(33)65-15-13-57-23-37-47-35(43(27(5)6)53(63)49(37)59)17-31(11)45(51(47)61)46-32(12)18-36-44(28(7)8)54(64)50(60)38(48(36)52(46)62)24-58-14-16-66-42-20-30(10)40(56)22-34(42)26(3)4/h17-28,59-64H,13-16H2,1-12H3. The predicted molar refractivity (Wildman–Crippen MR) is 271 cm³/mol. The van der Waals surface area contributed by atoms with E-state index in [0.717, 1.165) is 22.3 Å². The summed E-state index contributed by atoms with van der Waals surface area (Å²) in [5, 5.41) is 74.0. The summed E-state index contributed by atoms with van der Waals surface area (Å²) in [5.41, 5.74) is 6.42. The molecular weight excluding hydrogens is 876 g/mol. The number of nitrogens with zero attached hydrogens (tertiary/aromatic N) is 2. The molecule has 0 saturated carbocycles. The summed E-state index contributed by atoms with van der Waals surface area (Å²) in [6.07, 6.45) is 2.83. The Morgan fingerprint density at radius 2 is 0.818 bits per heavy atom. The van der Waals surface area contributed by atoms with Crippen molar-refractivity contribution in [2.45, 2.75) is 107 Å². The van der Waals surface area contributed by atoms with E-state index in [2.05, 4.69) is 37.7 Å². The molecule has 66 heavy (non-hydrogen) atoms. The molecule has 0 amide bonds. The maximum absolute atomic E-state index is 12.5. The zero-order valence-electron chi connectivity index (χ0n) is 39.9. The van der Waals surface area contributed by atoms with Crippen LogP contribution in [0, 0.1) is 27.7 Å². The van der Waals surface area contributed by atoms with Gasteiger partial charge in [0.15, 0.2) is 23.0 Å². The number of benzene rings is 6. The third-order valence-electron chi connectivity index (χ3n) is 12.2. The Morgan fingerprint density at radius 3 is 1.14 bits per heavy atom. The quantitative estimate of drug-likeness (QED) is 0.0336. The topological polar surface area (TPSA) is 165 Å². The molecule has 6 aromatic carbocycles. The lowest BCUT2D eigenvalue weighted by Crippen LogP contribution is -2.05. The molecule has 6 N–H and O–H groups in total. The van der Waals surface area contributed by atoms with Crippen LogP contribution in [0.15, 0.2) is 46.4 Å². The van der Waals surface area contributed by atoms with Crippen molar-refractivity contribution in [2.75, 3.05) is 26.3 Å². The first-order valence-corrected chi connectivity index (χ1v) is 23.2. The van der Waals surface area contributed by atoms with Gasteiger partial charge in [-0.2, -0.15) is 0 Å². The molecule has 10 nitrogen and oxygen atoms in total. The molecule has 350 valence electrons. The summed E-state index contributed by atoms with van der Waals surface area (Å²) >= 11 is 12.8. The summed E-state index contributed by atoms with van der Waals surface area (Å²) in [6, 6.07) is 11.3. The van der Waals surface area contributed by atoms with Crippen LogP contribution >= 0.6 is 23.2 Å². The van der Waals surface area contributed by atoms with Gasteiger partial charge in [0, 0.05) is 66.6 Å². The summed E-state index contributed by atoms with van der Waals surface area (Å²) in [6.45, 7) is 24.0. The molecule has 0 heterocycles. The Balaban J connectivity index is 1.47. The Hall–Kier alpha value is -5.84. The maximum Gasteiger partial charge on any atom is 0.167 e. The van der Waals surface area contributed by atoms with E-state index in [1.165, 1.54) is 12.4 Å². The van der Waals surface area contributed by atoms with Crippen LogP contribution in [0.4, 0.5) is 0 Å². The Morgan fingerprint density at radius 1 is 0.470 bits per heavy atom. The Labute approximate surface area is 397 Å². The Bertz CT molecular complexity index is 2720. The second-order valence-electron chi connectivity index (χ2n) is 18.4. The molecule has 0 aromatic heterocycles. The van der Waals surface area contributed by atoms with E-state index in [1.54, 1.807) is 13.8 Å². The molecule has 0 atom stereocenters. The molecular formula is C54H62Cl2N2O8. The second kappa shape index (κ2) is 19.9. The van der Waals surface area contributed by atoms with E-state index in [-0.39, 0.29) is 106 Å². The van der Waals surface area contributed by atoms with Gasteiger partial charge in [-0.05, 0) is 120 Å². The monoisotopic (exact) mass is 936 g/mol. The fourth-order valence-electron chi connectivity index (χ4n) is 8.85. The van der Waals surface area contributed by atoms with Crippen LogP contribution in [-0.4, -0.2) is 69.4 Å². The number of aryl methyl sites for hydroxylation is 4. The molecule has 0 aliphatic rings. The fraction of sp³-hybridized carbons (Fsp3) is 0.370. The number of aromatic hydroxyl groups is 6. The highest BCUT2D eigenvalue weighted by Crippen LogP contribution is 2.54. The fourth-order valence-corrected chi connectivity index (χ4v) is 9.19. The van der Waals surface area contributed by atoms with Gasteiger partial charge in [0.1, 0.15) is 36.2 Å². The van der Waals surface area contributed by atoms with E-state index in [4.69, 9.17) is 32.7 Å². The van der Waals surface area contributed by atoms with Crippen molar-refractivity contribution in [3.8, 4) is 57.1 Å². The first-order chi connectivity index (χ1) is 31.1. The van der Waals surface area contributed by atoms with E-state index >= 15 is 0 Å². The van der Waals surface area contributed by atoms with Crippen molar-refractivity contribution in [3.63, 3.8) is 0 Å². The van der Waals surface area contributed by atoms with Gasteiger partial charge in [0.25, 0.3) is 0 Å². The van der Waals surface area contributed by atoms with Crippen molar-refractivity contribution >= 4 is 57.2 Å². The number of rotatable bonds is 15. The minimum atomic E-state index is -0.452. The molecule has 6 aromatic rings. The van der Waals surface area contributed by atoms with E-state index < -0.39 is 11.5 Å². The van der Waals surface area contributed by atoms with Gasteiger partial charge in [-0.1, -0.05) is 90.7 Å². The number of halogens is 2. The molecule has 0 aliphatic carbocycles. The molecule has 0 saturated heterocycles. The van der Waals surface area contributed by atoms with E-state index in [1.807, 2.05) is 77.9 Å². The predicted octanol–water partition coefficient (Wildman–Crippen LogP) is 13.9. The number of phenols is 6. The largest absolute Gasteiger partial charge is 0.507 e. The van der Waals surface area contributed by atoms with Gasteiger partial charge in [-0.3, -0.25) is 9.98 Å². The number of fused-ring (bicyclic) bond motifs is 2. The molecule has 12 heteroatoms. The first kappa shape index (κ1) is 49.6. The zero-order valence-corrected chi connectivity index (χ0v) is 41.4. The van der Waals surface area contributed by atoms with E-state index in [9.17, 15) is 30.6 Å². The highest BCUT2D eigenvalue weighted by molar-refractivity contribution is 6.31. The zero-order chi connectivity index (χ0) is 48.6. The van der Waals surface area contributed by atoms with Gasteiger partial charge in [0.05, 0.1) is 13.1 Å². The molecule has 0 bridgehead atoms. The highest BCUT2D eigenvalue weighted by atomic mass is 35.5. The van der Waals surface area contributed by atoms with Gasteiger partial charge in [-0.15, -0.1) is 0 Å². The summed E-state index contributed by atoms with van der Waals surface area (Å²) in [5.74, 6) is -0.837. The van der Waals surface area contributed by atoms with Crippen LogP contribution in [-0.2, 0) is 0 Å². The average Bonchev–Trinajstić information content (AvgIpc) is 3.23. The van der Waals surface area contributed by atoms with Gasteiger partial charge >= 0.3 is 0 Å². The lowest BCUT2D eigenvalue weighted by atomic mass is 9.83. The minimum Gasteiger partial charge on any atom is -0.507 e. The summed E-state index contributed by atoms with van der Waals surface area (Å²) < 4.78 is 12.3. The lowest BCUT2D eigenvalue weighted by molar-refractivity contribution is 0.324. The lowest BCUT2D eigenvalue weighted by Gasteiger charge is -2.23. The van der Waals surface area contributed by atoms with Crippen molar-refractivity contribution in [3.05, 3.63) is 102 Å². The number of aliphatic imine (C=N–C) groups is 2. The first-order valence-electron chi connectivity index (χ1n) is 22.4. The van der Waals surface area contributed by atoms with Crippen LogP contribution in [0.1, 0.15) is 135 Å². The molecule has 0 unspecified atom stereocenters. The van der Waals surface area contributed by atoms with Gasteiger partial charge < -0.3 is 40.1 Å². The minimum absolute atomic E-state index is 0.0859. The number of ether oxygens (including phenoxy) is 2. The van der Waals surface area contributed by atoms with Crippen LogP contribution in [0.5, 0.6) is 46.0 Å². The van der Waals surface area contributed by atoms with Crippen molar-refractivity contribution in [1.82, 2.24) is 0 Å². The number of hydrogen-bond donors (Lipinski definition) is 6. The van der Waals surface area contributed by atoms with Crippen LogP contribution in [0.25, 0.3) is 32.7 Å². The SMILES string of the molecule is Cc1cc(OCCN=Cc2c(O)c(O)c(C(C)C)c3cc(C)c(-c4c(C)cc5c(C(C)C)c(O)c(O)c(C=NCCOc6cc(C)c(Cl)cc6C(C)C)c5c4O)c(O)c23)c(C(C)C)cc1Cl. The number of hydrogen-bond acceptors (Lipinski definition) is 10. The maximum atomic E-state index is 12.5. The van der Waals surface area contributed by atoms with Crippen LogP contribution < -0.4 is 9.47 Å². The third-order valence-corrected chi connectivity index (χ3v) is 13.0. The van der Waals surface area contributed by atoms with Gasteiger partial charge in [0.2, 0.25) is 0 Å². The normalized spacial score (nSPS) is 12.2. The summed E-state index contributed by atoms with van der Waals surface area (Å²) in [7, 11) is 0. The smallest absolute Gasteiger partial charge is 0.167 e. The molecule has 0 spiro atoms. The van der Waals surface area contributed by atoms with Crippen molar-refractivity contribution in [1.29, 1.82) is 0 Å². The highest BCUT2D eigenvalue weighted by Gasteiger charge is 2.30. The molecule has 0 fully saturated rings. The molecule has 0 radical (unpaired) electrons. The Kier molecular flexibility index (Phi) is 15.0. The number of phenolic OH excluding ortho intramolecular Hbond substituents is 6. The average molecular weight is 938 g/mol. The van der Waals surface area contributed by atoms with Crippen molar-refractivity contribution < 1.29 is 40.1 Å².